The van der Waals surface area contributed by atoms with Crippen LogP contribution in [-0.2, 0) is 4.79 Å². The number of carbonyl (C=O) groups excluding carboxylic acids is 1. The van der Waals surface area contributed by atoms with Crippen molar-refractivity contribution in [3.63, 3.8) is 0 Å². The molecule has 0 aromatic carbocycles. The van der Waals surface area contributed by atoms with Crippen LogP contribution in [0, 0.1) is 0 Å². The van der Waals surface area contributed by atoms with Crippen molar-refractivity contribution in [1.29, 1.82) is 0 Å². The number of unbranched alkanes of at least 4 members (excludes halogenated alkanes) is 12. The van der Waals surface area contributed by atoms with Crippen molar-refractivity contribution in [2.45, 2.75) is 96.8 Å². The Bertz CT molecular complexity index is 279. The average Bonchev–Trinajstić information content (AvgIpc) is 2.57. The lowest BCUT2D eigenvalue weighted by atomic mass is 10.1. The molecule has 23 heavy (non-hydrogen) atoms. The molecule has 0 fully saturated rings. The number of nitrogens with one attached hydrogen (secondary N) is 1. The smallest absolute Gasteiger partial charge is 0.230 e. The molecule has 136 valence electrons. The van der Waals surface area contributed by atoms with E-state index in [0.29, 0.717) is 5.33 Å². The van der Waals surface area contributed by atoms with Gasteiger partial charge >= 0.3 is 0 Å². The highest BCUT2D eigenvalue weighted by Gasteiger charge is 1.96. The molecule has 0 aliphatic rings. The zero-order valence-electron chi connectivity index (χ0n) is 15.3. The van der Waals surface area contributed by atoms with E-state index in [1.165, 1.54) is 83.5 Å². The lowest BCUT2D eigenvalue weighted by Crippen LogP contribution is -2.25. The lowest BCUT2D eigenvalue weighted by molar-refractivity contribution is -0.118. The fraction of sp³-hybridized carbons (Fsp3) is 0.850. The zero-order chi connectivity index (χ0) is 17.0. The fourth-order valence-electron chi connectivity index (χ4n) is 2.65. The second-order valence-corrected chi connectivity index (χ2v) is 6.98. The Labute approximate surface area is 153 Å². The normalized spacial score (nSPS) is 11.2. The monoisotopic (exact) mass is 387 g/mol. The van der Waals surface area contributed by atoms with Crippen molar-refractivity contribution in [1.82, 2.24) is 5.32 Å². The van der Waals surface area contributed by atoms with E-state index in [0.717, 1.165) is 13.0 Å². The zero-order valence-corrected chi connectivity index (χ0v) is 16.8. The molecule has 0 aliphatic heterocycles. The minimum atomic E-state index is 0.0951. The van der Waals surface area contributed by atoms with Gasteiger partial charge in [-0.2, -0.15) is 0 Å². The number of rotatable bonds is 17. The molecule has 0 radical (unpaired) electrons. The van der Waals surface area contributed by atoms with Crippen LogP contribution in [0.5, 0.6) is 0 Å². The van der Waals surface area contributed by atoms with Gasteiger partial charge in [-0.15, -0.1) is 0 Å². The van der Waals surface area contributed by atoms with Crippen molar-refractivity contribution < 1.29 is 4.79 Å². The summed E-state index contributed by atoms with van der Waals surface area (Å²) >= 11 is 3.15. The molecule has 1 amide bonds. The number of carbonyl (C=O) groups is 1. The van der Waals surface area contributed by atoms with Gasteiger partial charge in [0.25, 0.3) is 0 Å². The largest absolute Gasteiger partial charge is 0.355 e. The topological polar surface area (TPSA) is 29.1 Å². The Hall–Kier alpha value is -0.310. The SMILES string of the molecule is CCCCCCCC/C=C/CCCCCCCCNC(=O)CBr. The predicted molar refractivity (Wildman–Crippen MR) is 106 cm³/mol. The highest BCUT2D eigenvalue weighted by atomic mass is 79.9. The minimum Gasteiger partial charge on any atom is -0.355 e. The van der Waals surface area contributed by atoms with E-state index in [2.05, 4.69) is 40.3 Å². The van der Waals surface area contributed by atoms with Gasteiger partial charge in [-0.3, -0.25) is 4.79 Å². The molecule has 0 saturated heterocycles. The minimum absolute atomic E-state index is 0.0951. The summed E-state index contributed by atoms with van der Waals surface area (Å²) < 4.78 is 0. The van der Waals surface area contributed by atoms with Crippen LogP contribution in [0.25, 0.3) is 0 Å². The number of hydrogen-bond donors (Lipinski definition) is 1. The Morgan fingerprint density at radius 1 is 0.783 bits per heavy atom. The Kier molecular flexibility index (Phi) is 19.5. The van der Waals surface area contributed by atoms with Crippen molar-refractivity contribution in [2.24, 2.45) is 0 Å². The summed E-state index contributed by atoms with van der Waals surface area (Å²) in [6, 6.07) is 0. The number of alkyl halides is 1. The Morgan fingerprint density at radius 2 is 1.26 bits per heavy atom. The van der Waals surface area contributed by atoms with Gasteiger partial charge in [0, 0.05) is 6.54 Å². The lowest BCUT2D eigenvalue weighted by Gasteiger charge is -2.03. The maximum absolute atomic E-state index is 11.0. The Morgan fingerprint density at radius 3 is 1.78 bits per heavy atom. The van der Waals surface area contributed by atoms with E-state index in [1.54, 1.807) is 0 Å². The molecular weight excluding hydrogens is 350 g/mol. The van der Waals surface area contributed by atoms with Crippen LogP contribution < -0.4 is 5.32 Å². The van der Waals surface area contributed by atoms with Crippen molar-refractivity contribution in [2.75, 3.05) is 11.9 Å². The summed E-state index contributed by atoms with van der Waals surface area (Å²) in [6.45, 7) is 3.10. The summed E-state index contributed by atoms with van der Waals surface area (Å²) in [6.07, 6.45) is 23.3. The summed E-state index contributed by atoms with van der Waals surface area (Å²) in [4.78, 5) is 11.0. The predicted octanol–water partition coefficient (Wildman–Crippen LogP) is 6.54. The maximum atomic E-state index is 11.0. The van der Waals surface area contributed by atoms with Crippen LogP contribution in [0.1, 0.15) is 96.8 Å². The molecule has 0 aromatic rings. The molecule has 0 aliphatic carbocycles. The second-order valence-electron chi connectivity index (χ2n) is 6.42. The van der Waals surface area contributed by atoms with Crippen LogP contribution in [0.2, 0.25) is 0 Å². The van der Waals surface area contributed by atoms with Crippen LogP contribution in [0.15, 0.2) is 12.2 Å². The summed E-state index contributed by atoms with van der Waals surface area (Å²) in [5.74, 6) is 0.0951. The molecule has 2 nitrogen and oxygen atoms in total. The summed E-state index contributed by atoms with van der Waals surface area (Å²) in [5.41, 5.74) is 0. The third-order valence-corrected chi connectivity index (χ3v) is 4.64. The van der Waals surface area contributed by atoms with Crippen molar-refractivity contribution in [3.8, 4) is 0 Å². The van der Waals surface area contributed by atoms with Crippen LogP contribution in [-0.4, -0.2) is 17.8 Å². The summed E-state index contributed by atoms with van der Waals surface area (Å²) in [7, 11) is 0. The summed E-state index contributed by atoms with van der Waals surface area (Å²) in [5, 5.41) is 3.30. The van der Waals surface area contributed by atoms with Crippen molar-refractivity contribution in [3.05, 3.63) is 12.2 Å². The molecule has 0 atom stereocenters. The average molecular weight is 388 g/mol. The van der Waals surface area contributed by atoms with Gasteiger partial charge in [-0.25, -0.2) is 0 Å². The molecule has 0 aromatic heterocycles. The molecule has 0 spiro atoms. The second kappa shape index (κ2) is 19.7. The number of allylic oxidation sites excluding steroid dienone is 2. The third kappa shape index (κ3) is 19.6. The van der Waals surface area contributed by atoms with Crippen LogP contribution >= 0.6 is 15.9 Å². The van der Waals surface area contributed by atoms with E-state index in [9.17, 15) is 4.79 Å². The molecule has 1 N–H and O–H groups in total. The molecule has 0 heterocycles. The molecule has 0 bridgehead atoms. The highest BCUT2D eigenvalue weighted by Crippen LogP contribution is 2.09. The Balaban J connectivity index is 3.09. The van der Waals surface area contributed by atoms with Gasteiger partial charge in [0.05, 0.1) is 5.33 Å². The van der Waals surface area contributed by atoms with E-state index in [4.69, 9.17) is 0 Å². The van der Waals surface area contributed by atoms with Gasteiger partial charge in [0.2, 0.25) is 5.91 Å². The molecule has 0 unspecified atom stereocenters. The van der Waals surface area contributed by atoms with Gasteiger partial charge in [0.1, 0.15) is 0 Å². The number of amides is 1. The number of halogens is 1. The first-order valence-electron chi connectivity index (χ1n) is 9.79. The van der Waals surface area contributed by atoms with E-state index in [-0.39, 0.29) is 5.91 Å². The molecule has 3 heteroatoms. The van der Waals surface area contributed by atoms with E-state index in [1.807, 2.05) is 0 Å². The van der Waals surface area contributed by atoms with Gasteiger partial charge < -0.3 is 5.32 Å². The van der Waals surface area contributed by atoms with Crippen LogP contribution in [0.3, 0.4) is 0 Å². The van der Waals surface area contributed by atoms with Crippen molar-refractivity contribution >= 4 is 21.8 Å². The first-order chi connectivity index (χ1) is 11.3. The van der Waals surface area contributed by atoms with E-state index >= 15 is 0 Å². The van der Waals surface area contributed by atoms with Crippen LogP contribution in [0.4, 0.5) is 0 Å². The molecular formula is C20H38BrNO. The maximum Gasteiger partial charge on any atom is 0.230 e. The highest BCUT2D eigenvalue weighted by molar-refractivity contribution is 9.09. The molecule has 0 rings (SSSR count). The quantitative estimate of drug-likeness (QED) is 0.171. The number of hydrogen-bond acceptors (Lipinski definition) is 1. The first kappa shape index (κ1) is 22.7. The third-order valence-electron chi connectivity index (χ3n) is 4.13. The van der Waals surface area contributed by atoms with Gasteiger partial charge in [-0.1, -0.05) is 92.8 Å². The fourth-order valence-corrected chi connectivity index (χ4v) is 2.85. The standard InChI is InChI=1S/C20H38BrNO/c1-2-3-4-5-6-7-8-9-10-11-12-13-14-15-16-17-18-22-20(23)19-21/h9-10H,2-8,11-19H2,1H3,(H,22,23)/b10-9+. The van der Waals surface area contributed by atoms with Gasteiger partial charge in [0.15, 0.2) is 0 Å². The van der Waals surface area contributed by atoms with E-state index < -0.39 is 0 Å². The first-order valence-corrected chi connectivity index (χ1v) is 10.9. The van der Waals surface area contributed by atoms with Gasteiger partial charge in [-0.05, 0) is 32.1 Å². The molecule has 0 saturated carbocycles.